The van der Waals surface area contributed by atoms with Crippen LogP contribution in [0, 0.1) is 6.92 Å². The quantitative estimate of drug-likeness (QED) is 0.924. The zero-order valence-electron chi connectivity index (χ0n) is 12.0. The summed E-state index contributed by atoms with van der Waals surface area (Å²) in [5, 5.41) is 6.73. The van der Waals surface area contributed by atoms with E-state index in [1.165, 1.54) is 22.0 Å². The van der Waals surface area contributed by atoms with Gasteiger partial charge >= 0.3 is 0 Å². The van der Waals surface area contributed by atoms with E-state index in [1.54, 1.807) is 11.3 Å². The molecule has 2 heterocycles. The van der Waals surface area contributed by atoms with Gasteiger partial charge in [0.25, 0.3) is 0 Å². The number of thiazole rings is 1. The average Bonchev–Trinajstić information content (AvgIpc) is 2.91. The number of anilines is 1. The van der Waals surface area contributed by atoms with Crippen molar-refractivity contribution in [3.63, 3.8) is 0 Å². The minimum atomic E-state index is 0. The molecule has 21 heavy (non-hydrogen) atoms. The molecule has 116 valence electrons. The molecule has 0 amide bonds. The first-order chi connectivity index (χ1) is 9.31. The lowest BCUT2D eigenvalue weighted by Gasteiger charge is -2.26. The van der Waals surface area contributed by atoms with Crippen molar-refractivity contribution in [3.05, 3.63) is 46.5 Å². The van der Waals surface area contributed by atoms with Crippen molar-refractivity contribution in [1.29, 1.82) is 0 Å². The fraction of sp³-hybridized carbons (Fsp3) is 0.400. The van der Waals surface area contributed by atoms with Gasteiger partial charge in [-0.2, -0.15) is 0 Å². The third-order valence-electron chi connectivity index (χ3n) is 3.43. The Balaban J connectivity index is 0.00000110. The predicted molar refractivity (Wildman–Crippen MR) is 95.7 cm³/mol. The molecule has 0 saturated carbocycles. The number of aryl methyl sites for hydroxylation is 1. The van der Waals surface area contributed by atoms with E-state index in [9.17, 15) is 0 Å². The lowest BCUT2D eigenvalue weighted by Crippen LogP contribution is -2.43. The predicted octanol–water partition coefficient (Wildman–Crippen LogP) is 3.30. The van der Waals surface area contributed by atoms with Crippen LogP contribution in [0.3, 0.4) is 0 Å². The average molecular weight is 346 g/mol. The number of nitrogens with zero attached hydrogens (tertiary/aromatic N) is 2. The van der Waals surface area contributed by atoms with Crippen LogP contribution < -0.4 is 10.2 Å². The zero-order chi connectivity index (χ0) is 13.1. The van der Waals surface area contributed by atoms with E-state index < -0.39 is 0 Å². The molecule has 0 aliphatic carbocycles. The van der Waals surface area contributed by atoms with E-state index >= 15 is 0 Å². The Bertz CT molecular complexity index is 536. The Hall–Kier alpha value is -0.810. The molecule has 0 radical (unpaired) electrons. The van der Waals surface area contributed by atoms with Crippen LogP contribution in [0.4, 0.5) is 5.13 Å². The highest BCUT2D eigenvalue weighted by Crippen LogP contribution is 2.22. The topological polar surface area (TPSA) is 28.2 Å². The highest BCUT2D eigenvalue weighted by Gasteiger charge is 2.13. The van der Waals surface area contributed by atoms with Gasteiger partial charge in [0.05, 0.1) is 5.69 Å². The number of aromatic nitrogens is 1. The molecule has 0 spiro atoms. The SMILES string of the molecule is Cc1ccc(Cc2csc(N3CCNCC3)n2)cc1.Cl.Cl. The van der Waals surface area contributed by atoms with Gasteiger partial charge in [-0.25, -0.2) is 4.98 Å². The molecule has 1 N–H and O–H groups in total. The third-order valence-corrected chi connectivity index (χ3v) is 4.38. The largest absolute Gasteiger partial charge is 0.346 e. The number of nitrogens with one attached hydrogen (secondary N) is 1. The number of rotatable bonds is 3. The highest BCUT2D eigenvalue weighted by molar-refractivity contribution is 7.13. The van der Waals surface area contributed by atoms with Gasteiger partial charge in [-0.15, -0.1) is 36.2 Å². The lowest BCUT2D eigenvalue weighted by atomic mass is 10.1. The maximum absolute atomic E-state index is 4.77. The summed E-state index contributed by atoms with van der Waals surface area (Å²) in [7, 11) is 0. The van der Waals surface area contributed by atoms with Gasteiger partial charge < -0.3 is 10.2 Å². The summed E-state index contributed by atoms with van der Waals surface area (Å²) < 4.78 is 0. The van der Waals surface area contributed by atoms with E-state index in [-0.39, 0.29) is 24.8 Å². The standard InChI is InChI=1S/C15H19N3S.2ClH/c1-12-2-4-13(5-3-12)10-14-11-19-15(17-14)18-8-6-16-7-9-18;;/h2-5,11,16H,6-10H2,1H3;2*1H. The van der Waals surface area contributed by atoms with E-state index in [2.05, 4.69) is 46.8 Å². The van der Waals surface area contributed by atoms with Gasteiger partial charge in [0, 0.05) is 38.0 Å². The molecule has 0 atom stereocenters. The summed E-state index contributed by atoms with van der Waals surface area (Å²) in [4.78, 5) is 7.14. The first-order valence-electron chi connectivity index (χ1n) is 6.77. The minimum Gasteiger partial charge on any atom is -0.346 e. The van der Waals surface area contributed by atoms with Crippen LogP contribution in [0.5, 0.6) is 0 Å². The van der Waals surface area contributed by atoms with Gasteiger partial charge in [-0.05, 0) is 12.5 Å². The van der Waals surface area contributed by atoms with Crippen LogP contribution in [0.1, 0.15) is 16.8 Å². The fourth-order valence-corrected chi connectivity index (χ4v) is 3.17. The van der Waals surface area contributed by atoms with Crippen molar-refractivity contribution >= 4 is 41.3 Å². The van der Waals surface area contributed by atoms with Gasteiger partial charge in [-0.3, -0.25) is 0 Å². The molecule has 1 aromatic heterocycles. The van der Waals surface area contributed by atoms with Crippen molar-refractivity contribution < 1.29 is 0 Å². The van der Waals surface area contributed by atoms with Crippen LogP contribution in [-0.4, -0.2) is 31.2 Å². The Morgan fingerprint density at radius 2 is 1.81 bits per heavy atom. The number of hydrogen-bond donors (Lipinski definition) is 1. The second-order valence-corrected chi connectivity index (χ2v) is 5.86. The number of piperazine rings is 1. The van der Waals surface area contributed by atoms with Crippen LogP contribution >= 0.6 is 36.2 Å². The molecule has 3 nitrogen and oxygen atoms in total. The maximum atomic E-state index is 4.77. The fourth-order valence-electron chi connectivity index (χ4n) is 2.29. The second kappa shape index (κ2) is 8.59. The summed E-state index contributed by atoms with van der Waals surface area (Å²) in [5.41, 5.74) is 3.83. The molecular formula is C15H21Cl2N3S. The van der Waals surface area contributed by atoms with Crippen molar-refractivity contribution in [3.8, 4) is 0 Å². The van der Waals surface area contributed by atoms with Crippen molar-refractivity contribution in [1.82, 2.24) is 10.3 Å². The van der Waals surface area contributed by atoms with E-state index in [0.717, 1.165) is 32.6 Å². The van der Waals surface area contributed by atoms with Crippen LogP contribution in [0.25, 0.3) is 0 Å². The molecule has 3 rings (SSSR count). The van der Waals surface area contributed by atoms with Crippen LogP contribution in [0.2, 0.25) is 0 Å². The molecule has 0 unspecified atom stereocenters. The summed E-state index contributed by atoms with van der Waals surface area (Å²) in [5.74, 6) is 0. The van der Waals surface area contributed by atoms with Gasteiger partial charge in [-0.1, -0.05) is 29.8 Å². The van der Waals surface area contributed by atoms with Crippen LogP contribution in [0.15, 0.2) is 29.6 Å². The summed E-state index contributed by atoms with van der Waals surface area (Å²) in [6.45, 7) is 6.38. The van der Waals surface area contributed by atoms with Crippen molar-refractivity contribution in [2.45, 2.75) is 13.3 Å². The summed E-state index contributed by atoms with van der Waals surface area (Å²) in [6, 6.07) is 8.72. The first kappa shape index (κ1) is 18.2. The molecule has 1 aliphatic heterocycles. The number of halogens is 2. The molecule has 0 bridgehead atoms. The third kappa shape index (κ3) is 4.85. The van der Waals surface area contributed by atoms with Crippen molar-refractivity contribution in [2.75, 3.05) is 31.1 Å². The van der Waals surface area contributed by atoms with E-state index in [1.807, 2.05) is 0 Å². The Kier molecular flexibility index (Phi) is 7.46. The lowest BCUT2D eigenvalue weighted by molar-refractivity contribution is 0.588. The van der Waals surface area contributed by atoms with Gasteiger partial charge in [0.1, 0.15) is 0 Å². The molecule has 1 fully saturated rings. The zero-order valence-corrected chi connectivity index (χ0v) is 14.5. The van der Waals surface area contributed by atoms with E-state index in [0.29, 0.717) is 0 Å². The monoisotopic (exact) mass is 345 g/mol. The number of benzene rings is 1. The normalized spacial score (nSPS) is 14.2. The molecular weight excluding hydrogens is 325 g/mol. The van der Waals surface area contributed by atoms with Gasteiger partial charge in [0.15, 0.2) is 5.13 Å². The molecule has 1 aliphatic rings. The Morgan fingerprint density at radius 1 is 1.14 bits per heavy atom. The number of hydrogen-bond acceptors (Lipinski definition) is 4. The smallest absolute Gasteiger partial charge is 0.185 e. The van der Waals surface area contributed by atoms with Crippen LogP contribution in [-0.2, 0) is 6.42 Å². The molecule has 1 saturated heterocycles. The minimum absolute atomic E-state index is 0. The van der Waals surface area contributed by atoms with Gasteiger partial charge in [0.2, 0.25) is 0 Å². The summed E-state index contributed by atoms with van der Waals surface area (Å²) in [6.07, 6.45) is 0.933. The molecule has 2 aromatic rings. The summed E-state index contributed by atoms with van der Waals surface area (Å²) >= 11 is 1.77. The van der Waals surface area contributed by atoms with Crippen molar-refractivity contribution in [2.24, 2.45) is 0 Å². The highest BCUT2D eigenvalue weighted by atomic mass is 35.5. The first-order valence-corrected chi connectivity index (χ1v) is 7.65. The molecule has 1 aromatic carbocycles. The Morgan fingerprint density at radius 3 is 2.48 bits per heavy atom. The Labute approximate surface area is 142 Å². The van der Waals surface area contributed by atoms with E-state index in [4.69, 9.17) is 4.98 Å². The molecule has 6 heteroatoms. The second-order valence-electron chi connectivity index (χ2n) is 5.02. The maximum Gasteiger partial charge on any atom is 0.185 e.